The van der Waals surface area contributed by atoms with Crippen molar-refractivity contribution in [1.82, 2.24) is 14.5 Å². The highest BCUT2D eigenvalue weighted by molar-refractivity contribution is 6.22. The molecule has 0 spiro atoms. The van der Waals surface area contributed by atoms with E-state index in [1.165, 1.54) is 23.0 Å². The van der Waals surface area contributed by atoms with E-state index < -0.39 is 0 Å². The largest absolute Gasteiger partial charge is 0.506 e. The molecule has 1 amide bonds. The SMILES string of the molecule is C=CC(=O)N1CCC(N=C(C)/C(=C\N)c2cc(O)c3c(C#N)cnn3c2)CC1. The minimum atomic E-state index is -0.0542. The first kappa shape index (κ1) is 19.2. The highest BCUT2D eigenvalue weighted by Crippen LogP contribution is 2.27. The summed E-state index contributed by atoms with van der Waals surface area (Å²) < 4.78 is 1.46. The van der Waals surface area contributed by atoms with Crippen molar-refractivity contribution in [3.63, 3.8) is 0 Å². The molecular weight excluding hydrogens is 356 g/mol. The van der Waals surface area contributed by atoms with E-state index in [9.17, 15) is 9.90 Å². The van der Waals surface area contributed by atoms with Gasteiger partial charge in [0.25, 0.3) is 0 Å². The topological polar surface area (TPSA) is 120 Å². The standard InChI is InChI=1S/C20H22N6O2/c1-3-19(28)25-6-4-16(5-7-25)24-13(2)17(10-22)14-8-18(27)20-15(9-21)11-23-26(20)12-14/h3,8,10-12,16,27H,1,4-7,22H2,2H3/b17-10+,24-13?. The fraction of sp³-hybridized carbons (Fsp3) is 0.300. The number of nitrogens with two attached hydrogens (primary N) is 1. The number of allylic oxidation sites excluding steroid dienone is 1. The van der Waals surface area contributed by atoms with Crippen LogP contribution in [0.4, 0.5) is 0 Å². The molecule has 2 aromatic heterocycles. The van der Waals surface area contributed by atoms with Crippen molar-refractivity contribution in [3.8, 4) is 11.8 Å². The van der Waals surface area contributed by atoms with E-state index in [-0.39, 0.29) is 17.7 Å². The molecule has 1 aliphatic heterocycles. The van der Waals surface area contributed by atoms with E-state index in [2.05, 4.69) is 11.7 Å². The highest BCUT2D eigenvalue weighted by Gasteiger charge is 2.21. The molecule has 0 bridgehead atoms. The van der Waals surface area contributed by atoms with Crippen LogP contribution in [-0.2, 0) is 4.79 Å². The maximum absolute atomic E-state index is 11.7. The first-order chi connectivity index (χ1) is 13.5. The molecule has 3 rings (SSSR count). The van der Waals surface area contributed by atoms with E-state index in [4.69, 9.17) is 16.0 Å². The summed E-state index contributed by atoms with van der Waals surface area (Å²) in [6.07, 6.45) is 7.43. The number of aromatic nitrogens is 2. The number of aromatic hydroxyl groups is 1. The number of likely N-dealkylation sites (tertiary alicyclic amines) is 1. The summed E-state index contributed by atoms with van der Waals surface area (Å²) in [7, 11) is 0. The second-order valence-electron chi connectivity index (χ2n) is 6.63. The zero-order chi connectivity index (χ0) is 20.3. The number of nitriles is 1. The van der Waals surface area contributed by atoms with Gasteiger partial charge in [0, 0.05) is 42.3 Å². The molecule has 8 nitrogen and oxygen atoms in total. The number of pyridine rings is 1. The molecule has 0 atom stereocenters. The Morgan fingerprint density at radius 3 is 2.82 bits per heavy atom. The monoisotopic (exact) mass is 378 g/mol. The third-order valence-electron chi connectivity index (χ3n) is 4.91. The molecule has 1 fully saturated rings. The average molecular weight is 378 g/mol. The number of carbonyl (C=O) groups excluding carboxylic acids is 1. The predicted octanol–water partition coefficient (Wildman–Crippen LogP) is 1.85. The Balaban J connectivity index is 1.83. The van der Waals surface area contributed by atoms with Crippen molar-refractivity contribution in [1.29, 1.82) is 5.26 Å². The lowest BCUT2D eigenvalue weighted by Gasteiger charge is -2.29. The van der Waals surface area contributed by atoms with Gasteiger partial charge in [-0.3, -0.25) is 9.79 Å². The summed E-state index contributed by atoms with van der Waals surface area (Å²) in [5.74, 6) is -0.101. The van der Waals surface area contributed by atoms with Crippen LogP contribution >= 0.6 is 0 Å². The Bertz CT molecular complexity index is 1020. The summed E-state index contributed by atoms with van der Waals surface area (Å²) in [5.41, 5.74) is 8.57. The van der Waals surface area contributed by atoms with Crippen LogP contribution < -0.4 is 5.73 Å². The number of piperidine rings is 1. The van der Waals surface area contributed by atoms with Gasteiger partial charge in [0.2, 0.25) is 5.91 Å². The zero-order valence-electron chi connectivity index (χ0n) is 15.7. The lowest BCUT2D eigenvalue weighted by molar-refractivity contribution is -0.126. The number of carbonyl (C=O) groups is 1. The maximum atomic E-state index is 11.7. The van der Waals surface area contributed by atoms with Crippen LogP contribution in [0.2, 0.25) is 0 Å². The third-order valence-corrected chi connectivity index (χ3v) is 4.91. The number of hydrogen-bond acceptors (Lipinski definition) is 6. The predicted molar refractivity (Wildman–Crippen MR) is 107 cm³/mol. The second-order valence-corrected chi connectivity index (χ2v) is 6.63. The number of rotatable bonds is 4. The van der Waals surface area contributed by atoms with E-state index in [1.807, 2.05) is 13.0 Å². The molecule has 8 heteroatoms. The summed E-state index contributed by atoms with van der Waals surface area (Å²) in [4.78, 5) is 18.2. The summed E-state index contributed by atoms with van der Waals surface area (Å²) >= 11 is 0. The lowest BCUT2D eigenvalue weighted by Crippen LogP contribution is -2.38. The van der Waals surface area contributed by atoms with E-state index in [1.54, 1.807) is 17.2 Å². The van der Waals surface area contributed by atoms with E-state index in [0.29, 0.717) is 35.3 Å². The van der Waals surface area contributed by atoms with Crippen LogP contribution in [0.1, 0.15) is 30.9 Å². The normalized spacial score (nSPS) is 16.2. The van der Waals surface area contributed by atoms with Crippen LogP contribution in [0.15, 0.2) is 42.3 Å². The molecule has 0 aromatic carbocycles. The van der Waals surface area contributed by atoms with Crippen molar-refractivity contribution in [2.75, 3.05) is 13.1 Å². The summed E-state index contributed by atoms with van der Waals surface area (Å²) in [6, 6.07) is 3.66. The van der Waals surface area contributed by atoms with Crippen LogP contribution in [0.25, 0.3) is 11.1 Å². The van der Waals surface area contributed by atoms with Gasteiger partial charge in [-0.15, -0.1) is 0 Å². The number of hydrogen-bond donors (Lipinski definition) is 2. The van der Waals surface area contributed by atoms with Gasteiger partial charge >= 0.3 is 0 Å². The van der Waals surface area contributed by atoms with Crippen molar-refractivity contribution in [2.24, 2.45) is 10.7 Å². The van der Waals surface area contributed by atoms with Crippen LogP contribution in [0.5, 0.6) is 5.75 Å². The molecule has 1 saturated heterocycles. The summed E-state index contributed by atoms with van der Waals surface area (Å²) in [6.45, 7) is 6.67. The quantitative estimate of drug-likeness (QED) is 0.621. The van der Waals surface area contributed by atoms with E-state index in [0.717, 1.165) is 18.6 Å². The molecule has 28 heavy (non-hydrogen) atoms. The fourth-order valence-corrected chi connectivity index (χ4v) is 3.44. The number of fused-ring (bicyclic) bond motifs is 1. The van der Waals surface area contributed by atoms with Crippen molar-refractivity contribution in [3.05, 3.63) is 48.4 Å². The third kappa shape index (κ3) is 3.60. The van der Waals surface area contributed by atoms with Crippen LogP contribution in [0, 0.1) is 11.3 Å². The van der Waals surface area contributed by atoms with Crippen molar-refractivity contribution < 1.29 is 9.90 Å². The van der Waals surface area contributed by atoms with Gasteiger partial charge in [-0.25, -0.2) is 4.52 Å². The zero-order valence-corrected chi connectivity index (χ0v) is 15.7. The first-order valence-corrected chi connectivity index (χ1v) is 8.97. The van der Waals surface area contributed by atoms with Crippen LogP contribution in [-0.4, -0.2) is 50.4 Å². The number of amides is 1. The molecule has 3 N–H and O–H groups in total. The molecular formula is C20H22N6O2. The number of nitrogens with zero attached hydrogens (tertiary/aromatic N) is 5. The fourth-order valence-electron chi connectivity index (χ4n) is 3.44. The Labute approximate surface area is 162 Å². The summed E-state index contributed by atoms with van der Waals surface area (Å²) in [5, 5.41) is 23.6. The Kier molecular flexibility index (Phi) is 5.45. The Hall–Kier alpha value is -3.60. The Morgan fingerprint density at radius 2 is 2.21 bits per heavy atom. The molecule has 0 unspecified atom stereocenters. The molecule has 2 aromatic rings. The minimum absolute atomic E-state index is 0.0463. The molecule has 0 radical (unpaired) electrons. The second kappa shape index (κ2) is 7.96. The smallest absolute Gasteiger partial charge is 0.245 e. The van der Waals surface area contributed by atoms with E-state index >= 15 is 0 Å². The van der Waals surface area contributed by atoms with Gasteiger partial charge in [-0.05, 0) is 31.9 Å². The van der Waals surface area contributed by atoms with Crippen molar-refractivity contribution in [2.45, 2.75) is 25.8 Å². The van der Waals surface area contributed by atoms with Gasteiger partial charge in [0.05, 0.1) is 12.2 Å². The maximum Gasteiger partial charge on any atom is 0.245 e. The van der Waals surface area contributed by atoms with Gasteiger partial charge in [0.1, 0.15) is 22.9 Å². The van der Waals surface area contributed by atoms with Gasteiger partial charge in [-0.2, -0.15) is 10.4 Å². The Morgan fingerprint density at radius 1 is 1.50 bits per heavy atom. The van der Waals surface area contributed by atoms with Crippen molar-refractivity contribution >= 4 is 22.7 Å². The van der Waals surface area contributed by atoms with Crippen LogP contribution in [0.3, 0.4) is 0 Å². The highest BCUT2D eigenvalue weighted by atomic mass is 16.3. The number of aliphatic imine (C=N–C) groups is 1. The molecule has 3 heterocycles. The van der Waals surface area contributed by atoms with Gasteiger partial charge < -0.3 is 15.7 Å². The van der Waals surface area contributed by atoms with Gasteiger partial charge in [0.15, 0.2) is 0 Å². The average Bonchev–Trinajstić information content (AvgIpc) is 3.12. The first-order valence-electron chi connectivity index (χ1n) is 8.97. The van der Waals surface area contributed by atoms with Gasteiger partial charge in [-0.1, -0.05) is 6.58 Å². The lowest BCUT2D eigenvalue weighted by atomic mass is 10.0. The molecule has 0 aliphatic carbocycles. The molecule has 144 valence electrons. The minimum Gasteiger partial charge on any atom is -0.506 e. The molecule has 1 aliphatic rings. The molecule has 0 saturated carbocycles.